The van der Waals surface area contributed by atoms with Crippen LogP contribution in [0.3, 0.4) is 0 Å². The topological polar surface area (TPSA) is 160 Å². The van der Waals surface area contributed by atoms with Gasteiger partial charge in [0.25, 0.3) is 0 Å². The molecule has 0 radical (unpaired) electrons. The number of aromatic nitrogens is 1. The second-order valence-electron chi connectivity index (χ2n) is 11.2. The molecular formula is C31H35NO9S. The summed E-state index contributed by atoms with van der Waals surface area (Å²) in [6, 6.07) is 15.0. The summed E-state index contributed by atoms with van der Waals surface area (Å²) in [5.74, 6) is -2.55. The molecule has 1 aliphatic heterocycles. The molecule has 0 saturated carbocycles. The molecule has 2 heterocycles. The van der Waals surface area contributed by atoms with Crippen molar-refractivity contribution in [2.45, 2.75) is 57.0 Å². The average Bonchev–Trinajstić information content (AvgIpc) is 2.97. The standard InChI is InChI=1S/C31H35NO9S/c1-19-7-12-26-23(15-19)27(28(33)31(2,3)18-42(26,38)39)20-8-10-21(11-9-20)40-13-5-4-6-14-41-22-16-24(29(34)35)32-25(17-22)30(36)37/h7-12,15-17,27-28,33H,4-6,13-14,18H2,1-3H3,(H,34,35)(H,36,37)/t27-,28-/m1/s1. The second kappa shape index (κ2) is 12.5. The first-order valence-electron chi connectivity index (χ1n) is 13.6. The number of aryl methyl sites for hydroxylation is 1. The lowest BCUT2D eigenvalue weighted by Crippen LogP contribution is -2.38. The maximum atomic E-state index is 13.2. The van der Waals surface area contributed by atoms with E-state index in [-0.39, 0.29) is 23.0 Å². The molecule has 3 N–H and O–H groups in total. The van der Waals surface area contributed by atoms with Gasteiger partial charge in [0, 0.05) is 23.5 Å². The molecule has 2 aromatic carbocycles. The molecule has 1 aromatic heterocycles. The van der Waals surface area contributed by atoms with Crippen molar-refractivity contribution in [3.8, 4) is 11.5 Å². The van der Waals surface area contributed by atoms with Gasteiger partial charge >= 0.3 is 11.9 Å². The van der Waals surface area contributed by atoms with Crippen molar-refractivity contribution in [2.24, 2.45) is 5.41 Å². The Morgan fingerprint density at radius 3 is 2.02 bits per heavy atom. The normalized spacial score (nSPS) is 18.9. The van der Waals surface area contributed by atoms with Crippen LogP contribution in [0.25, 0.3) is 0 Å². The van der Waals surface area contributed by atoms with Crippen molar-refractivity contribution in [3.63, 3.8) is 0 Å². The number of hydrogen-bond donors (Lipinski definition) is 3. The number of aliphatic hydroxyl groups is 1. The maximum absolute atomic E-state index is 13.2. The van der Waals surface area contributed by atoms with Gasteiger partial charge in [-0.05, 0) is 55.5 Å². The lowest BCUT2D eigenvalue weighted by atomic mass is 9.75. The van der Waals surface area contributed by atoms with E-state index in [0.29, 0.717) is 24.3 Å². The molecule has 0 fully saturated rings. The fourth-order valence-corrected chi connectivity index (χ4v) is 7.30. The molecule has 0 saturated heterocycles. The van der Waals surface area contributed by atoms with Gasteiger partial charge in [-0.15, -0.1) is 0 Å². The monoisotopic (exact) mass is 597 g/mol. The number of nitrogens with zero attached hydrogens (tertiary/aromatic N) is 1. The second-order valence-corrected chi connectivity index (χ2v) is 13.2. The first kappa shape index (κ1) is 31.0. The summed E-state index contributed by atoms with van der Waals surface area (Å²) in [5.41, 5.74) is 0.675. The van der Waals surface area contributed by atoms with E-state index in [0.717, 1.165) is 24.0 Å². The van der Waals surface area contributed by atoms with Crippen LogP contribution in [0.4, 0.5) is 0 Å². The summed E-state index contributed by atoms with van der Waals surface area (Å²) in [4.78, 5) is 26.2. The Hall–Kier alpha value is -3.96. The van der Waals surface area contributed by atoms with Crippen LogP contribution in [0.1, 0.15) is 76.7 Å². The van der Waals surface area contributed by atoms with Gasteiger partial charge in [-0.25, -0.2) is 23.0 Å². The molecule has 0 unspecified atom stereocenters. The van der Waals surface area contributed by atoms with Gasteiger partial charge in [-0.3, -0.25) is 0 Å². The lowest BCUT2D eigenvalue weighted by Gasteiger charge is -2.33. The van der Waals surface area contributed by atoms with Crippen molar-refractivity contribution >= 4 is 21.8 Å². The van der Waals surface area contributed by atoms with Crippen molar-refractivity contribution in [1.82, 2.24) is 4.98 Å². The Morgan fingerprint density at radius 1 is 0.881 bits per heavy atom. The molecule has 2 atom stereocenters. The van der Waals surface area contributed by atoms with Crippen LogP contribution in [0.15, 0.2) is 59.5 Å². The summed E-state index contributed by atoms with van der Waals surface area (Å²) < 4.78 is 37.8. The number of carbonyl (C=O) groups is 2. The van der Waals surface area contributed by atoms with E-state index >= 15 is 0 Å². The molecule has 0 bridgehead atoms. The molecule has 1 aliphatic rings. The number of fused-ring (bicyclic) bond motifs is 1. The van der Waals surface area contributed by atoms with Crippen LogP contribution in [0, 0.1) is 12.3 Å². The van der Waals surface area contributed by atoms with Gasteiger partial charge in [0.1, 0.15) is 11.5 Å². The third-order valence-corrected chi connectivity index (χ3v) is 9.48. The lowest BCUT2D eigenvalue weighted by molar-refractivity contribution is 0.0521. The predicted octanol–water partition coefficient (Wildman–Crippen LogP) is 4.72. The zero-order valence-corrected chi connectivity index (χ0v) is 24.6. The van der Waals surface area contributed by atoms with Crippen molar-refractivity contribution < 1.29 is 42.8 Å². The highest BCUT2D eigenvalue weighted by atomic mass is 32.2. The van der Waals surface area contributed by atoms with Crippen molar-refractivity contribution in [1.29, 1.82) is 0 Å². The van der Waals surface area contributed by atoms with Crippen molar-refractivity contribution in [2.75, 3.05) is 19.0 Å². The fourth-order valence-electron chi connectivity index (χ4n) is 5.17. The zero-order chi connectivity index (χ0) is 30.7. The molecule has 0 spiro atoms. The molecule has 10 nitrogen and oxygen atoms in total. The number of carboxylic acids is 2. The number of aliphatic hydroxyl groups excluding tert-OH is 1. The Labute approximate surface area is 244 Å². The molecule has 11 heteroatoms. The molecule has 0 aliphatic carbocycles. The Morgan fingerprint density at radius 2 is 1.45 bits per heavy atom. The Balaban J connectivity index is 1.33. The molecule has 3 aromatic rings. The van der Waals surface area contributed by atoms with Gasteiger partial charge in [-0.2, -0.15) is 0 Å². The molecular weight excluding hydrogens is 562 g/mol. The van der Waals surface area contributed by atoms with E-state index in [1.165, 1.54) is 12.1 Å². The first-order chi connectivity index (χ1) is 19.8. The van der Waals surface area contributed by atoms with Crippen molar-refractivity contribution in [3.05, 3.63) is 82.7 Å². The minimum absolute atomic E-state index is 0.133. The summed E-state index contributed by atoms with van der Waals surface area (Å²) in [7, 11) is -3.58. The van der Waals surface area contributed by atoms with Crippen LogP contribution in [-0.4, -0.2) is 65.7 Å². The number of ether oxygens (including phenoxy) is 2. The smallest absolute Gasteiger partial charge is 0.354 e. The van der Waals surface area contributed by atoms with Gasteiger partial charge in [0.15, 0.2) is 21.2 Å². The van der Waals surface area contributed by atoms with E-state index in [2.05, 4.69) is 4.98 Å². The summed E-state index contributed by atoms with van der Waals surface area (Å²) in [5, 5.41) is 29.6. The Kier molecular flexibility index (Phi) is 9.22. The van der Waals surface area contributed by atoms with E-state index in [9.17, 15) is 23.1 Å². The highest BCUT2D eigenvalue weighted by Gasteiger charge is 2.44. The minimum Gasteiger partial charge on any atom is -0.494 e. The van der Waals surface area contributed by atoms with Crippen LogP contribution < -0.4 is 9.47 Å². The van der Waals surface area contributed by atoms with Gasteiger partial charge in [0.2, 0.25) is 0 Å². The average molecular weight is 598 g/mol. The number of sulfone groups is 1. The quantitative estimate of drug-likeness (QED) is 0.264. The highest BCUT2D eigenvalue weighted by Crippen LogP contribution is 2.45. The number of aromatic carboxylic acids is 2. The third-order valence-electron chi connectivity index (χ3n) is 7.32. The van der Waals surface area contributed by atoms with Crippen LogP contribution in [0.2, 0.25) is 0 Å². The van der Waals surface area contributed by atoms with E-state index < -0.39 is 50.6 Å². The first-order valence-corrected chi connectivity index (χ1v) is 15.3. The molecule has 0 amide bonds. The summed E-state index contributed by atoms with van der Waals surface area (Å²) in [6.45, 7) is 6.18. The number of benzene rings is 2. The summed E-state index contributed by atoms with van der Waals surface area (Å²) in [6.07, 6.45) is 1.21. The number of unbranched alkanes of at least 4 members (excludes halogenated alkanes) is 2. The van der Waals surface area contributed by atoms with Crippen LogP contribution in [-0.2, 0) is 9.84 Å². The van der Waals surface area contributed by atoms with Gasteiger partial charge in [-0.1, -0.05) is 43.7 Å². The van der Waals surface area contributed by atoms with Crippen LogP contribution >= 0.6 is 0 Å². The van der Waals surface area contributed by atoms with Gasteiger partial charge < -0.3 is 24.8 Å². The third kappa shape index (κ3) is 7.08. The minimum atomic E-state index is -3.58. The summed E-state index contributed by atoms with van der Waals surface area (Å²) >= 11 is 0. The largest absolute Gasteiger partial charge is 0.494 e. The number of carboxylic acid groups (broad SMARTS) is 2. The predicted molar refractivity (Wildman–Crippen MR) is 154 cm³/mol. The number of hydrogen-bond acceptors (Lipinski definition) is 8. The maximum Gasteiger partial charge on any atom is 0.354 e. The SMILES string of the molecule is Cc1ccc2c(c1)[C@@H](c1ccc(OCCCCCOc3cc(C(=O)O)nc(C(=O)O)c3)cc1)[C@@H](O)C(C)(C)CS2(=O)=O. The van der Waals surface area contributed by atoms with Crippen LogP contribution in [0.5, 0.6) is 11.5 Å². The van der Waals surface area contributed by atoms with E-state index in [1.54, 1.807) is 26.0 Å². The van der Waals surface area contributed by atoms with E-state index in [1.807, 2.05) is 37.3 Å². The highest BCUT2D eigenvalue weighted by molar-refractivity contribution is 7.91. The number of rotatable bonds is 11. The molecule has 4 rings (SSSR count). The molecule has 224 valence electrons. The van der Waals surface area contributed by atoms with E-state index in [4.69, 9.17) is 19.7 Å². The Bertz CT molecular complexity index is 1530. The zero-order valence-electron chi connectivity index (χ0n) is 23.7. The number of pyridine rings is 1. The molecule has 42 heavy (non-hydrogen) atoms. The fraction of sp³-hybridized carbons (Fsp3) is 0.387. The van der Waals surface area contributed by atoms with Gasteiger partial charge in [0.05, 0.1) is 30.0 Å².